The maximum Gasteiger partial charge on any atom is 0.191 e. The van der Waals surface area contributed by atoms with Crippen LogP contribution in [0.3, 0.4) is 0 Å². The molecule has 0 aliphatic heterocycles. The van der Waals surface area contributed by atoms with E-state index >= 15 is 0 Å². The molecular formula is C18H18N4OS. The first kappa shape index (κ1) is 16.3. The van der Waals surface area contributed by atoms with E-state index in [9.17, 15) is 5.21 Å². The number of hydrogen-bond donors (Lipinski definition) is 1. The Morgan fingerprint density at radius 2 is 1.71 bits per heavy atom. The largest absolute Gasteiger partial charge is 0.411 e. The van der Waals surface area contributed by atoms with Gasteiger partial charge in [-0.15, -0.1) is 10.2 Å². The first-order valence-electron chi connectivity index (χ1n) is 7.59. The Kier molecular flexibility index (Phi) is 5.28. The minimum atomic E-state index is 0.526. The third-order valence-electron chi connectivity index (χ3n) is 3.70. The Hall–Kier alpha value is -2.60. The summed E-state index contributed by atoms with van der Waals surface area (Å²) in [5.74, 6) is 1.43. The standard InChI is InChI=1S/C18H18N4OS/c1-22-17(12-14-8-4-2-5-9-14)19-20-18(22)24-13-16(21-23)15-10-6-3-7-11-15/h2-11,23H,12-13H2,1H3/b21-16+. The molecule has 3 rings (SSSR count). The monoisotopic (exact) mass is 338 g/mol. The number of nitrogens with zero attached hydrogens (tertiary/aromatic N) is 4. The lowest BCUT2D eigenvalue weighted by Gasteiger charge is -2.05. The highest BCUT2D eigenvalue weighted by atomic mass is 32.2. The molecule has 0 fully saturated rings. The molecule has 0 amide bonds. The SMILES string of the molecule is Cn1c(Cc2ccccc2)nnc1SC/C(=N\O)c1ccccc1. The van der Waals surface area contributed by atoms with Crippen LogP contribution in [0.5, 0.6) is 0 Å². The topological polar surface area (TPSA) is 63.3 Å². The molecule has 2 aromatic carbocycles. The van der Waals surface area contributed by atoms with Gasteiger partial charge in [0.05, 0.1) is 5.71 Å². The summed E-state index contributed by atoms with van der Waals surface area (Å²) < 4.78 is 1.98. The second-order valence-electron chi connectivity index (χ2n) is 5.32. The van der Waals surface area contributed by atoms with Crippen LogP contribution in [0, 0.1) is 0 Å². The van der Waals surface area contributed by atoms with Crippen LogP contribution >= 0.6 is 11.8 Å². The van der Waals surface area contributed by atoms with E-state index in [1.165, 1.54) is 17.3 Å². The number of thioether (sulfide) groups is 1. The van der Waals surface area contributed by atoms with Crippen LogP contribution in [0.25, 0.3) is 0 Å². The van der Waals surface area contributed by atoms with E-state index in [1.54, 1.807) is 0 Å². The van der Waals surface area contributed by atoms with E-state index in [1.807, 2.05) is 60.1 Å². The molecule has 24 heavy (non-hydrogen) atoms. The Labute approximate surface area is 145 Å². The molecule has 1 N–H and O–H groups in total. The fourth-order valence-corrected chi connectivity index (χ4v) is 3.22. The minimum Gasteiger partial charge on any atom is -0.411 e. The number of aromatic nitrogens is 3. The summed E-state index contributed by atoms with van der Waals surface area (Å²) in [6.45, 7) is 0. The average molecular weight is 338 g/mol. The van der Waals surface area contributed by atoms with Gasteiger partial charge in [-0.3, -0.25) is 0 Å². The van der Waals surface area contributed by atoms with Gasteiger partial charge >= 0.3 is 0 Å². The van der Waals surface area contributed by atoms with Gasteiger partial charge in [-0.1, -0.05) is 77.6 Å². The first-order valence-corrected chi connectivity index (χ1v) is 8.58. The Morgan fingerprint density at radius 3 is 2.38 bits per heavy atom. The van der Waals surface area contributed by atoms with Gasteiger partial charge in [0.1, 0.15) is 5.82 Å². The highest BCUT2D eigenvalue weighted by molar-refractivity contribution is 7.99. The van der Waals surface area contributed by atoms with Gasteiger partial charge in [0.15, 0.2) is 5.16 Å². The van der Waals surface area contributed by atoms with E-state index in [0.29, 0.717) is 11.5 Å². The lowest BCUT2D eigenvalue weighted by atomic mass is 10.1. The van der Waals surface area contributed by atoms with Crippen molar-refractivity contribution in [3.63, 3.8) is 0 Å². The molecule has 122 valence electrons. The van der Waals surface area contributed by atoms with Crippen molar-refractivity contribution < 1.29 is 5.21 Å². The zero-order chi connectivity index (χ0) is 16.8. The van der Waals surface area contributed by atoms with E-state index in [-0.39, 0.29) is 0 Å². The molecule has 5 nitrogen and oxygen atoms in total. The summed E-state index contributed by atoms with van der Waals surface area (Å²) in [5.41, 5.74) is 2.72. The van der Waals surface area contributed by atoms with E-state index in [4.69, 9.17) is 0 Å². The van der Waals surface area contributed by atoms with Crippen LogP contribution in [0.15, 0.2) is 71.0 Å². The third-order valence-corrected chi connectivity index (χ3v) is 4.73. The molecule has 0 bridgehead atoms. The van der Waals surface area contributed by atoms with Gasteiger partial charge in [0, 0.05) is 24.8 Å². The second-order valence-corrected chi connectivity index (χ2v) is 6.26. The molecular weight excluding hydrogens is 320 g/mol. The molecule has 0 radical (unpaired) electrons. The van der Waals surface area contributed by atoms with Gasteiger partial charge in [-0.25, -0.2) is 0 Å². The zero-order valence-corrected chi connectivity index (χ0v) is 14.1. The van der Waals surface area contributed by atoms with Gasteiger partial charge in [-0.2, -0.15) is 0 Å². The maximum atomic E-state index is 9.26. The third kappa shape index (κ3) is 3.83. The average Bonchev–Trinajstić information content (AvgIpc) is 2.97. The molecule has 0 saturated carbocycles. The number of oxime groups is 1. The molecule has 6 heteroatoms. The molecule has 0 spiro atoms. The van der Waals surface area contributed by atoms with Gasteiger partial charge in [0.2, 0.25) is 0 Å². The first-order chi connectivity index (χ1) is 11.8. The fraction of sp³-hybridized carbons (Fsp3) is 0.167. The summed E-state index contributed by atoms with van der Waals surface area (Å²) in [7, 11) is 1.96. The van der Waals surface area contributed by atoms with Gasteiger partial charge in [0.25, 0.3) is 0 Å². The molecule has 0 unspecified atom stereocenters. The summed E-state index contributed by atoms with van der Waals surface area (Å²) in [4.78, 5) is 0. The second kappa shape index (κ2) is 7.79. The lowest BCUT2D eigenvalue weighted by Crippen LogP contribution is -2.06. The highest BCUT2D eigenvalue weighted by Gasteiger charge is 2.12. The van der Waals surface area contributed by atoms with Crippen molar-refractivity contribution in [1.29, 1.82) is 0 Å². The molecule has 0 saturated heterocycles. The molecule has 3 aromatic rings. The zero-order valence-electron chi connectivity index (χ0n) is 13.3. The normalized spacial score (nSPS) is 11.6. The van der Waals surface area contributed by atoms with Crippen LogP contribution < -0.4 is 0 Å². The van der Waals surface area contributed by atoms with E-state index < -0.39 is 0 Å². The van der Waals surface area contributed by atoms with Crippen molar-refractivity contribution in [3.8, 4) is 0 Å². The summed E-state index contributed by atoms with van der Waals surface area (Å²) in [5, 5.41) is 22.0. The Balaban J connectivity index is 1.68. The van der Waals surface area contributed by atoms with Crippen LogP contribution in [0.2, 0.25) is 0 Å². The number of benzene rings is 2. The lowest BCUT2D eigenvalue weighted by molar-refractivity contribution is 0.319. The predicted molar refractivity (Wildman–Crippen MR) is 95.7 cm³/mol. The van der Waals surface area contributed by atoms with Crippen LogP contribution in [0.1, 0.15) is 17.0 Å². The van der Waals surface area contributed by atoms with Crippen molar-refractivity contribution in [1.82, 2.24) is 14.8 Å². The fourth-order valence-electron chi connectivity index (χ4n) is 2.34. The quantitative estimate of drug-likeness (QED) is 0.324. The van der Waals surface area contributed by atoms with Crippen LogP contribution in [-0.4, -0.2) is 31.4 Å². The predicted octanol–water partition coefficient (Wildman–Crippen LogP) is 3.38. The minimum absolute atomic E-state index is 0.526. The van der Waals surface area contributed by atoms with Crippen LogP contribution in [-0.2, 0) is 13.5 Å². The van der Waals surface area contributed by atoms with Crippen molar-refractivity contribution in [2.24, 2.45) is 12.2 Å². The summed E-state index contributed by atoms with van der Waals surface area (Å²) in [6, 6.07) is 19.8. The molecule has 0 aliphatic carbocycles. The van der Waals surface area contributed by atoms with Gasteiger partial charge in [-0.05, 0) is 5.56 Å². The smallest absolute Gasteiger partial charge is 0.191 e. The van der Waals surface area contributed by atoms with Crippen molar-refractivity contribution in [2.45, 2.75) is 11.6 Å². The summed E-state index contributed by atoms with van der Waals surface area (Å²) in [6.07, 6.45) is 0.741. The van der Waals surface area contributed by atoms with E-state index in [0.717, 1.165) is 23.0 Å². The van der Waals surface area contributed by atoms with Crippen molar-refractivity contribution >= 4 is 17.5 Å². The molecule has 1 aromatic heterocycles. The maximum absolute atomic E-state index is 9.26. The number of hydrogen-bond acceptors (Lipinski definition) is 5. The van der Waals surface area contributed by atoms with Crippen molar-refractivity contribution in [2.75, 3.05) is 5.75 Å². The number of rotatable bonds is 6. The van der Waals surface area contributed by atoms with Crippen molar-refractivity contribution in [3.05, 3.63) is 77.6 Å². The van der Waals surface area contributed by atoms with Gasteiger partial charge < -0.3 is 9.77 Å². The highest BCUT2D eigenvalue weighted by Crippen LogP contribution is 2.19. The van der Waals surface area contributed by atoms with E-state index in [2.05, 4.69) is 27.5 Å². The van der Waals surface area contributed by atoms with Crippen LogP contribution in [0.4, 0.5) is 0 Å². The Morgan fingerprint density at radius 1 is 1.04 bits per heavy atom. The molecule has 1 heterocycles. The Bertz CT molecular complexity index is 816. The molecule has 0 aliphatic rings. The molecule has 0 atom stereocenters. The summed E-state index contributed by atoms with van der Waals surface area (Å²) >= 11 is 1.50.